The minimum absolute atomic E-state index is 0.0702. The molecule has 2 saturated carbocycles. The first-order chi connectivity index (χ1) is 14.1. The molecule has 0 radical (unpaired) electrons. The molecule has 1 atom stereocenters. The van der Waals surface area contributed by atoms with Crippen LogP contribution in [0.2, 0.25) is 0 Å². The Bertz CT molecular complexity index is 714. The highest BCUT2D eigenvalue weighted by Gasteiger charge is 2.49. The van der Waals surface area contributed by atoms with Crippen molar-refractivity contribution in [3.05, 3.63) is 22.4 Å². The van der Waals surface area contributed by atoms with Crippen LogP contribution in [0.15, 0.2) is 17.5 Å². The highest BCUT2D eigenvalue weighted by molar-refractivity contribution is 7.10. The fourth-order valence-electron chi connectivity index (χ4n) is 4.58. The summed E-state index contributed by atoms with van der Waals surface area (Å²) in [5.41, 5.74) is -2.07. The Hall–Kier alpha value is -1.60. The Labute approximate surface area is 183 Å². The molecule has 2 aliphatic carbocycles. The number of rotatable bonds is 5. The molecule has 1 aromatic heterocycles. The summed E-state index contributed by atoms with van der Waals surface area (Å²) < 4.78 is 11.3. The van der Waals surface area contributed by atoms with Crippen LogP contribution in [0.1, 0.15) is 77.0 Å². The zero-order chi connectivity index (χ0) is 21.9. The minimum Gasteiger partial charge on any atom is -0.460 e. The van der Waals surface area contributed by atoms with Crippen molar-refractivity contribution in [1.82, 2.24) is 4.90 Å². The number of thiophene rings is 1. The maximum absolute atomic E-state index is 13.1. The van der Waals surface area contributed by atoms with E-state index in [1.165, 1.54) is 11.3 Å². The van der Waals surface area contributed by atoms with Crippen LogP contribution in [0.5, 0.6) is 0 Å². The lowest BCUT2D eigenvalue weighted by atomic mass is 9.84. The van der Waals surface area contributed by atoms with Crippen LogP contribution in [-0.4, -0.2) is 46.9 Å². The standard InChI is InChI=1S/C23H35NO5S/c1-22(2,3)29-21(26)24(4)17-11-13-18(14-12-17)28-20(25)23(27,16-8-5-6-9-16)19-10-7-15-30-19/h7,10,15-18,27H,5-6,8-9,11-14H2,1-4H3/t17?,18?,23-/m1/s1. The van der Waals surface area contributed by atoms with Crippen molar-refractivity contribution in [3.8, 4) is 0 Å². The second-order valence-corrected chi connectivity index (χ2v) is 10.6. The molecule has 0 bridgehead atoms. The molecule has 1 N–H and O–H groups in total. The van der Waals surface area contributed by atoms with Crippen molar-refractivity contribution in [2.75, 3.05) is 7.05 Å². The topological polar surface area (TPSA) is 76.1 Å². The smallest absolute Gasteiger partial charge is 0.410 e. The van der Waals surface area contributed by atoms with Crippen LogP contribution in [-0.2, 0) is 19.9 Å². The molecule has 3 rings (SSSR count). The van der Waals surface area contributed by atoms with E-state index in [2.05, 4.69) is 0 Å². The van der Waals surface area contributed by atoms with Gasteiger partial charge in [-0.2, -0.15) is 0 Å². The molecule has 168 valence electrons. The van der Waals surface area contributed by atoms with Crippen molar-refractivity contribution in [3.63, 3.8) is 0 Å². The Morgan fingerprint density at radius 3 is 2.27 bits per heavy atom. The number of nitrogens with zero attached hydrogens (tertiary/aromatic N) is 1. The van der Waals surface area contributed by atoms with Crippen molar-refractivity contribution in [1.29, 1.82) is 0 Å². The normalized spacial score (nSPS) is 24.8. The zero-order valence-electron chi connectivity index (χ0n) is 18.6. The first kappa shape index (κ1) is 23.1. The lowest BCUT2D eigenvalue weighted by molar-refractivity contribution is -0.180. The van der Waals surface area contributed by atoms with Crippen LogP contribution in [0, 0.1) is 5.92 Å². The van der Waals surface area contributed by atoms with E-state index < -0.39 is 17.2 Å². The molecule has 6 nitrogen and oxygen atoms in total. The van der Waals surface area contributed by atoms with Crippen LogP contribution in [0.25, 0.3) is 0 Å². The number of hydrogen-bond donors (Lipinski definition) is 1. The summed E-state index contributed by atoms with van der Waals surface area (Å²) in [5, 5.41) is 13.3. The molecule has 2 fully saturated rings. The van der Waals surface area contributed by atoms with Gasteiger partial charge in [-0.15, -0.1) is 11.3 Å². The maximum atomic E-state index is 13.1. The van der Waals surface area contributed by atoms with E-state index in [-0.39, 0.29) is 24.2 Å². The average molecular weight is 438 g/mol. The molecule has 7 heteroatoms. The molecule has 0 aliphatic heterocycles. The largest absolute Gasteiger partial charge is 0.460 e. The summed E-state index contributed by atoms with van der Waals surface area (Å²) in [6.07, 6.45) is 6.05. The molecule has 0 spiro atoms. The van der Waals surface area contributed by atoms with Crippen LogP contribution in [0.4, 0.5) is 4.79 Å². The van der Waals surface area contributed by atoms with E-state index in [1.54, 1.807) is 11.9 Å². The van der Waals surface area contributed by atoms with Gasteiger partial charge in [-0.3, -0.25) is 0 Å². The second kappa shape index (κ2) is 9.27. The highest BCUT2D eigenvalue weighted by atomic mass is 32.1. The third-order valence-electron chi connectivity index (χ3n) is 6.30. The van der Waals surface area contributed by atoms with Gasteiger partial charge in [0.25, 0.3) is 0 Å². The maximum Gasteiger partial charge on any atom is 0.410 e. The highest BCUT2D eigenvalue weighted by Crippen LogP contribution is 2.43. The summed E-state index contributed by atoms with van der Waals surface area (Å²) in [6, 6.07) is 3.77. The molecular formula is C23H35NO5S. The second-order valence-electron chi connectivity index (χ2n) is 9.65. The van der Waals surface area contributed by atoms with Crippen LogP contribution < -0.4 is 0 Å². The fraction of sp³-hybridized carbons (Fsp3) is 0.739. The van der Waals surface area contributed by atoms with Gasteiger partial charge in [-0.1, -0.05) is 18.9 Å². The first-order valence-electron chi connectivity index (χ1n) is 11.0. The average Bonchev–Trinajstić information content (AvgIpc) is 3.40. The van der Waals surface area contributed by atoms with Crippen LogP contribution in [0.3, 0.4) is 0 Å². The van der Waals surface area contributed by atoms with Gasteiger partial charge in [-0.25, -0.2) is 9.59 Å². The van der Waals surface area contributed by atoms with Gasteiger partial charge < -0.3 is 19.5 Å². The number of carbonyl (C=O) groups excluding carboxylic acids is 2. The van der Waals surface area contributed by atoms with E-state index in [4.69, 9.17) is 9.47 Å². The van der Waals surface area contributed by atoms with E-state index >= 15 is 0 Å². The number of carbonyl (C=O) groups is 2. The van der Waals surface area contributed by atoms with Gasteiger partial charge in [0.1, 0.15) is 11.7 Å². The van der Waals surface area contributed by atoms with E-state index in [9.17, 15) is 14.7 Å². The molecular weight excluding hydrogens is 402 g/mol. The molecule has 1 heterocycles. The number of amides is 1. The van der Waals surface area contributed by atoms with Crippen LogP contribution >= 0.6 is 11.3 Å². The van der Waals surface area contributed by atoms with Gasteiger partial charge >= 0.3 is 12.1 Å². The molecule has 30 heavy (non-hydrogen) atoms. The lowest BCUT2D eigenvalue weighted by Crippen LogP contribution is -2.46. The van der Waals surface area contributed by atoms with Crippen molar-refractivity contribution in [2.24, 2.45) is 5.92 Å². The summed E-state index contributed by atoms with van der Waals surface area (Å²) in [4.78, 5) is 27.8. The Kier molecular flexibility index (Phi) is 7.13. The van der Waals surface area contributed by atoms with Gasteiger partial charge in [0.15, 0.2) is 5.60 Å². The van der Waals surface area contributed by atoms with E-state index in [1.807, 2.05) is 38.3 Å². The first-order valence-corrected chi connectivity index (χ1v) is 11.9. The molecule has 0 saturated heterocycles. The predicted molar refractivity (Wildman–Crippen MR) is 116 cm³/mol. The van der Waals surface area contributed by atoms with Crippen molar-refractivity contribution >= 4 is 23.4 Å². The SMILES string of the molecule is CN(C(=O)OC(C)(C)C)C1CCC(OC(=O)[C@](O)(c2cccs2)C2CCCC2)CC1. The lowest BCUT2D eigenvalue weighted by Gasteiger charge is -2.37. The summed E-state index contributed by atoms with van der Waals surface area (Å²) in [6.45, 7) is 5.57. The number of esters is 1. The van der Waals surface area contributed by atoms with E-state index in [0.29, 0.717) is 17.7 Å². The van der Waals surface area contributed by atoms with Gasteiger partial charge in [0, 0.05) is 23.9 Å². The van der Waals surface area contributed by atoms with Gasteiger partial charge in [-0.05, 0) is 70.7 Å². The van der Waals surface area contributed by atoms with Gasteiger partial charge in [0.05, 0.1) is 0 Å². The third kappa shape index (κ3) is 5.17. The van der Waals surface area contributed by atoms with E-state index in [0.717, 1.165) is 38.5 Å². The summed E-state index contributed by atoms with van der Waals surface area (Å²) in [5.74, 6) is -0.598. The third-order valence-corrected chi connectivity index (χ3v) is 7.30. The monoisotopic (exact) mass is 437 g/mol. The molecule has 1 amide bonds. The minimum atomic E-state index is -1.55. The molecule has 2 aliphatic rings. The molecule has 0 aromatic carbocycles. The van der Waals surface area contributed by atoms with Crippen molar-refractivity contribution in [2.45, 2.75) is 95.5 Å². The summed E-state index contributed by atoms with van der Waals surface area (Å²) >= 11 is 1.41. The van der Waals surface area contributed by atoms with Gasteiger partial charge in [0.2, 0.25) is 0 Å². The Balaban J connectivity index is 1.58. The summed E-state index contributed by atoms with van der Waals surface area (Å²) in [7, 11) is 1.76. The Morgan fingerprint density at radius 1 is 1.10 bits per heavy atom. The predicted octanol–water partition coefficient (Wildman–Crippen LogP) is 4.85. The number of ether oxygens (including phenoxy) is 2. The quantitative estimate of drug-likeness (QED) is 0.667. The number of hydrogen-bond acceptors (Lipinski definition) is 6. The molecule has 0 unspecified atom stereocenters. The Morgan fingerprint density at radius 2 is 1.73 bits per heavy atom. The number of aliphatic hydroxyl groups is 1. The fourth-order valence-corrected chi connectivity index (χ4v) is 5.47. The molecule has 1 aromatic rings. The zero-order valence-corrected chi connectivity index (χ0v) is 19.4. The van der Waals surface area contributed by atoms with Crippen molar-refractivity contribution < 1.29 is 24.2 Å².